The van der Waals surface area contributed by atoms with Crippen molar-refractivity contribution in [1.82, 2.24) is 14.7 Å². The second kappa shape index (κ2) is 7.43. The van der Waals surface area contributed by atoms with Gasteiger partial charge in [0.1, 0.15) is 23.9 Å². The normalized spacial score (nSPS) is 10.8. The quantitative estimate of drug-likeness (QED) is 0.565. The number of para-hydroxylation sites is 1. The average Bonchev–Trinajstić information content (AvgIpc) is 3.33. The average molecular weight is 380 g/mol. The molecule has 0 aliphatic rings. The van der Waals surface area contributed by atoms with Crippen molar-refractivity contribution in [2.45, 2.75) is 6.54 Å². The molecule has 28 heavy (non-hydrogen) atoms. The van der Waals surface area contributed by atoms with Gasteiger partial charge in [0.25, 0.3) is 5.89 Å². The van der Waals surface area contributed by atoms with Crippen molar-refractivity contribution in [3.63, 3.8) is 0 Å². The van der Waals surface area contributed by atoms with Crippen LogP contribution < -0.4 is 5.32 Å². The second-order valence-corrected chi connectivity index (χ2v) is 5.98. The van der Waals surface area contributed by atoms with Gasteiger partial charge < -0.3 is 14.4 Å². The van der Waals surface area contributed by atoms with Crippen LogP contribution in [0.5, 0.6) is 0 Å². The first-order chi connectivity index (χ1) is 13.6. The number of aromatic nitrogens is 3. The molecule has 2 aromatic heterocycles. The highest BCUT2D eigenvalue weighted by molar-refractivity contribution is 5.91. The van der Waals surface area contributed by atoms with Crippen LogP contribution in [0.3, 0.4) is 0 Å². The standard InChI is InChI=1S/C20H14F2N4O2/c21-14-9-7-13(8-10-14)19-24-20(28-25-19)17-6-3-11-26(17)12-18(27)23-16-5-2-1-4-15(16)22/h1-11H,12H2,(H,23,27). The Morgan fingerprint density at radius 2 is 1.82 bits per heavy atom. The first-order valence-corrected chi connectivity index (χ1v) is 8.40. The Hall–Kier alpha value is -3.81. The minimum atomic E-state index is -0.510. The number of rotatable bonds is 5. The van der Waals surface area contributed by atoms with E-state index in [0.29, 0.717) is 17.1 Å². The Labute approximate surface area is 158 Å². The summed E-state index contributed by atoms with van der Waals surface area (Å²) in [6.45, 7) is -0.0646. The van der Waals surface area contributed by atoms with Crippen LogP contribution in [0.1, 0.15) is 0 Å². The van der Waals surface area contributed by atoms with Crippen molar-refractivity contribution in [3.8, 4) is 23.0 Å². The zero-order valence-electron chi connectivity index (χ0n) is 14.5. The van der Waals surface area contributed by atoms with Gasteiger partial charge in [-0.15, -0.1) is 0 Å². The highest BCUT2D eigenvalue weighted by Gasteiger charge is 2.16. The Kier molecular flexibility index (Phi) is 4.67. The number of carbonyl (C=O) groups excluding carboxylic acids is 1. The SMILES string of the molecule is O=C(Cn1cccc1-c1nc(-c2ccc(F)cc2)no1)Nc1ccccc1F. The molecular weight excluding hydrogens is 366 g/mol. The van der Waals surface area contributed by atoms with Crippen LogP contribution in [0.2, 0.25) is 0 Å². The number of hydrogen-bond donors (Lipinski definition) is 1. The zero-order chi connectivity index (χ0) is 19.5. The smallest absolute Gasteiger partial charge is 0.274 e. The van der Waals surface area contributed by atoms with E-state index >= 15 is 0 Å². The molecular formula is C20H14F2N4O2. The van der Waals surface area contributed by atoms with Crippen molar-refractivity contribution in [1.29, 1.82) is 0 Å². The van der Waals surface area contributed by atoms with E-state index in [1.54, 1.807) is 47.2 Å². The lowest BCUT2D eigenvalue weighted by Gasteiger charge is -2.08. The maximum atomic E-state index is 13.7. The molecule has 0 radical (unpaired) electrons. The lowest BCUT2D eigenvalue weighted by Crippen LogP contribution is -2.19. The summed E-state index contributed by atoms with van der Waals surface area (Å²) in [4.78, 5) is 16.6. The predicted molar refractivity (Wildman–Crippen MR) is 98.1 cm³/mol. The van der Waals surface area contributed by atoms with E-state index in [1.165, 1.54) is 24.3 Å². The van der Waals surface area contributed by atoms with Gasteiger partial charge in [-0.3, -0.25) is 4.79 Å². The molecule has 1 N–H and O–H groups in total. The Morgan fingerprint density at radius 1 is 1.04 bits per heavy atom. The van der Waals surface area contributed by atoms with Crippen LogP contribution in [-0.2, 0) is 11.3 Å². The number of hydrogen-bond acceptors (Lipinski definition) is 4. The highest BCUT2D eigenvalue weighted by Crippen LogP contribution is 2.23. The number of nitrogens with zero attached hydrogens (tertiary/aromatic N) is 3. The van der Waals surface area contributed by atoms with Gasteiger partial charge in [0.05, 0.1) is 5.69 Å². The van der Waals surface area contributed by atoms with Crippen LogP contribution in [0, 0.1) is 11.6 Å². The molecule has 0 aliphatic carbocycles. The van der Waals surface area contributed by atoms with Gasteiger partial charge in [0, 0.05) is 11.8 Å². The summed E-state index contributed by atoms with van der Waals surface area (Å²) in [5, 5.41) is 6.43. The number of carbonyl (C=O) groups is 1. The van der Waals surface area contributed by atoms with E-state index in [4.69, 9.17) is 4.52 Å². The van der Waals surface area contributed by atoms with E-state index < -0.39 is 11.7 Å². The number of nitrogens with one attached hydrogen (secondary N) is 1. The van der Waals surface area contributed by atoms with E-state index in [9.17, 15) is 13.6 Å². The van der Waals surface area contributed by atoms with Gasteiger partial charge in [0.15, 0.2) is 0 Å². The lowest BCUT2D eigenvalue weighted by molar-refractivity contribution is -0.116. The number of amides is 1. The molecule has 0 bridgehead atoms. The summed E-state index contributed by atoms with van der Waals surface area (Å²) in [7, 11) is 0. The lowest BCUT2D eigenvalue weighted by atomic mass is 10.2. The first-order valence-electron chi connectivity index (χ1n) is 8.40. The molecule has 2 aromatic carbocycles. The molecule has 0 fully saturated rings. The molecule has 0 aliphatic heterocycles. The van der Waals surface area contributed by atoms with Crippen molar-refractivity contribution in [2.24, 2.45) is 0 Å². The van der Waals surface area contributed by atoms with E-state index in [2.05, 4.69) is 15.5 Å². The van der Waals surface area contributed by atoms with Crippen LogP contribution in [0.15, 0.2) is 71.4 Å². The molecule has 0 atom stereocenters. The number of anilines is 1. The fraction of sp³-hybridized carbons (Fsp3) is 0.0500. The third-order valence-electron chi connectivity index (χ3n) is 4.04. The molecule has 1 amide bonds. The molecule has 0 spiro atoms. The van der Waals surface area contributed by atoms with Crippen LogP contribution in [0.25, 0.3) is 23.0 Å². The van der Waals surface area contributed by atoms with E-state index in [-0.39, 0.29) is 23.9 Å². The molecule has 0 unspecified atom stereocenters. The van der Waals surface area contributed by atoms with E-state index in [1.807, 2.05) is 0 Å². The van der Waals surface area contributed by atoms with Crippen LogP contribution in [0.4, 0.5) is 14.5 Å². The van der Waals surface area contributed by atoms with Crippen molar-refractivity contribution in [3.05, 3.63) is 78.5 Å². The van der Waals surface area contributed by atoms with Gasteiger partial charge in [-0.25, -0.2) is 8.78 Å². The fourth-order valence-electron chi connectivity index (χ4n) is 2.70. The fourth-order valence-corrected chi connectivity index (χ4v) is 2.70. The van der Waals surface area contributed by atoms with Crippen molar-refractivity contribution < 1.29 is 18.1 Å². The maximum absolute atomic E-state index is 13.7. The second-order valence-electron chi connectivity index (χ2n) is 5.98. The third kappa shape index (κ3) is 3.66. The van der Waals surface area contributed by atoms with Gasteiger partial charge in [-0.1, -0.05) is 17.3 Å². The van der Waals surface area contributed by atoms with Crippen LogP contribution >= 0.6 is 0 Å². The summed E-state index contributed by atoms with van der Waals surface area (Å²) < 4.78 is 33.6. The zero-order valence-corrected chi connectivity index (χ0v) is 14.5. The third-order valence-corrected chi connectivity index (χ3v) is 4.04. The number of benzene rings is 2. The molecule has 2 heterocycles. The van der Waals surface area contributed by atoms with Gasteiger partial charge in [0.2, 0.25) is 11.7 Å². The predicted octanol–water partition coefficient (Wildman–Crippen LogP) is 4.12. The maximum Gasteiger partial charge on any atom is 0.274 e. The Balaban J connectivity index is 1.52. The topological polar surface area (TPSA) is 73.0 Å². The molecule has 6 nitrogen and oxygen atoms in total. The molecule has 0 saturated carbocycles. The first kappa shape index (κ1) is 17.6. The van der Waals surface area contributed by atoms with Gasteiger partial charge >= 0.3 is 0 Å². The number of halogens is 2. The molecule has 4 rings (SSSR count). The van der Waals surface area contributed by atoms with Crippen molar-refractivity contribution >= 4 is 11.6 Å². The van der Waals surface area contributed by atoms with Gasteiger partial charge in [-0.05, 0) is 48.5 Å². The largest absolute Gasteiger partial charge is 0.334 e. The minimum absolute atomic E-state index is 0.0646. The summed E-state index contributed by atoms with van der Waals surface area (Å²) in [5.41, 5.74) is 1.24. The molecule has 8 heteroatoms. The highest BCUT2D eigenvalue weighted by atomic mass is 19.1. The Bertz CT molecular complexity index is 1120. The van der Waals surface area contributed by atoms with Crippen LogP contribution in [-0.4, -0.2) is 20.6 Å². The summed E-state index contributed by atoms with van der Waals surface area (Å²) >= 11 is 0. The monoisotopic (exact) mass is 380 g/mol. The summed E-state index contributed by atoms with van der Waals surface area (Å²) in [5.74, 6) is -0.756. The van der Waals surface area contributed by atoms with Crippen molar-refractivity contribution in [2.75, 3.05) is 5.32 Å². The van der Waals surface area contributed by atoms with E-state index in [0.717, 1.165) is 0 Å². The molecule has 4 aromatic rings. The molecule has 0 saturated heterocycles. The molecule has 140 valence electrons. The minimum Gasteiger partial charge on any atom is -0.334 e. The van der Waals surface area contributed by atoms with Gasteiger partial charge in [-0.2, -0.15) is 4.98 Å². The summed E-state index contributed by atoms with van der Waals surface area (Å²) in [6, 6.07) is 15.1. The Morgan fingerprint density at radius 3 is 2.61 bits per heavy atom. The summed E-state index contributed by atoms with van der Waals surface area (Å²) in [6.07, 6.45) is 1.68.